The molecular formula is C12H14ClFO. The van der Waals surface area contributed by atoms with Gasteiger partial charge in [0.2, 0.25) is 0 Å². The van der Waals surface area contributed by atoms with Crippen LogP contribution in [-0.2, 0) is 4.79 Å². The van der Waals surface area contributed by atoms with Gasteiger partial charge in [0.1, 0.15) is 11.2 Å². The summed E-state index contributed by atoms with van der Waals surface area (Å²) in [5.74, 6) is -0.387. The van der Waals surface area contributed by atoms with Crippen LogP contribution in [0.4, 0.5) is 4.39 Å². The summed E-state index contributed by atoms with van der Waals surface area (Å²) >= 11 is 6.01. The van der Waals surface area contributed by atoms with Crippen molar-refractivity contribution >= 4 is 17.4 Å². The second-order valence-electron chi connectivity index (χ2n) is 3.63. The number of Topliss-reactive ketones (excluding diaryl/α,β-unsaturated/α-hetero) is 1. The fourth-order valence-electron chi connectivity index (χ4n) is 1.25. The Bertz CT molecular complexity index is 334. The van der Waals surface area contributed by atoms with Crippen LogP contribution in [0.2, 0.25) is 0 Å². The zero-order chi connectivity index (χ0) is 11.4. The lowest BCUT2D eigenvalue weighted by molar-refractivity contribution is -0.122. The first kappa shape index (κ1) is 12.2. The lowest BCUT2D eigenvalue weighted by atomic mass is 9.97. The van der Waals surface area contributed by atoms with E-state index in [2.05, 4.69) is 0 Å². The number of halogens is 2. The lowest BCUT2D eigenvalue weighted by Gasteiger charge is -2.13. The van der Waals surface area contributed by atoms with Crippen LogP contribution in [0.25, 0.3) is 0 Å². The van der Waals surface area contributed by atoms with E-state index in [0.29, 0.717) is 5.56 Å². The minimum Gasteiger partial charge on any atom is -0.297 e. The molecule has 0 aromatic heterocycles. The van der Waals surface area contributed by atoms with Gasteiger partial charge in [0, 0.05) is 5.92 Å². The molecule has 2 atom stereocenters. The molecule has 3 heteroatoms. The second kappa shape index (κ2) is 5.26. The molecule has 0 aliphatic heterocycles. The molecule has 0 bridgehead atoms. The summed E-state index contributed by atoms with van der Waals surface area (Å²) in [4.78, 5) is 11.7. The summed E-state index contributed by atoms with van der Waals surface area (Å²) in [5, 5.41) is -0.666. The van der Waals surface area contributed by atoms with Crippen molar-refractivity contribution in [1.82, 2.24) is 0 Å². The number of alkyl halides is 1. The largest absolute Gasteiger partial charge is 0.297 e. The van der Waals surface area contributed by atoms with E-state index in [0.717, 1.165) is 6.42 Å². The van der Waals surface area contributed by atoms with Crippen molar-refractivity contribution in [1.29, 1.82) is 0 Å². The third-order valence-corrected chi connectivity index (χ3v) is 2.98. The van der Waals surface area contributed by atoms with E-state index in [1.807, 2.05) is 13.8 Å². The van der Waals surface area contributed by atoms with Crippen LogP contribution >= 0.6 is 11.6 Å². The molecule has 0 spiro atoms. The number of hydrogen-bond donors (Lipinski definition) is 0. The van der Waals surface area contributed by atoms with Gasteiger partial charge in [-0.25, -0.2) is 4.39 Å². The molecule has 1 aromatic carbocycles. The molecule has 0 fully saturated rings. The van der Waals surface area contributed by atoms with Gasteiger partial charge in [0.15, 0.2) is 5.78 Å². The first-order chi connectivity index (χ1) is 7.06. The van der Waals surface area contributed by atoms with Crippen LogP contribution in [0.5, 0.6) is 0 Å². The van der Waals surface area contributed by atoms with Crippen LogP contribution in [0, 0.1) is 11.7 Å². The molecule has 82 valence electrons. The van der Waals surface area contributed by atoms with Gasteiger partial charge >= 0.3 is 0 Å². The number of benzene rings is 1. The predicted octanol–water partition coefficient (Wildman–Crippen LogP) is 3.72. The fraction of sp³-hybridized carbons (Fsp3) is 0.417. The summed E-state index contributed by atoms with van der Waals surface area (Å²) in [6.45, 7) is 3.79. The molecule has 0 aliphatic rings. The summed E-state index contributed by atoms with van der Waals surface area (Å²) in [6, 6.07) is 5.73. The Morgan fingerprint density at radius 1 is 1.40 bits per heavy atom. The number of rotatable bonds is 4. The summed E-state index contributed by atoms with van der Waals surface area (Å²) < 4.78 is 12.6. The average Bonchev–Trinajstić information content (AvgIpc) is 2.27. The summed E-state index contributed by atoms with van der Waals surface area (Å²) in [7, 11) is 0. The first-order valence-corrected chi connectivity index (χ1v) is 5.43. The molecule has 2 unspecified atom stereocenters. The fourth-order valence-corrected chi connectivity index (χ4v) is 1.61. The highest BCUT2D eigenvalue weighted by atomic mass is 35.5. The zero-order valence-electron chi connectivity index (χ0n) is 8.84. The van der Waals surface area contributed by atoms with E-state index < -0.39 is 5.38 Å². The first-order valence-electron chi connectivity index (χ1n) is 4.99. The maximum atomic E-state index is 12.6. The van der Waals surface area contributed by atoms with E-state index >= 15 is 0 Å². The van der Waals surface area contributed by atoms with Gasteiger partial charge in [-0.05, 0) is 24.1 Å². The standard InChI is InChI=1S/C12H14ClFO/c1-3-8(2)12(15)11(13)9-4-6-10(14)7-5-9/h4-8,11H,3H2,1-2H3. The van der Waals surface area contributed by atoms with Crippen molar-refractivity contribution in [2.24, 2.45) is 5.92 Å². The van der Waals surface area contributed by atoms with Gasteiger partial charge in [0.05, 0.1) is 0 Å². The van der Waals surface area contributed by atoms with Crippen LogP contribution in [0.15, 0.2) is 24.3 Å². The minimum absolute atomic E-state index is 0.00854. The molecular weight excluding hydrogens is 215 g/mol. The summed E-state index contributed by atoms with van der Waals surface area (Å²) in [6.07, 6.45) is 0.767. The normalized spacial score (nSPS) is 14.7. The van der Waals surface area contributed by atoms with Crippen molar-refractivity contribution in [3.63, 3.8) is 0 Å². The van der Waals surface area contributed by atoms with E-state index in [9.17, 15) is 9.18 Å². The van der Waals surface area contributed by atoms with E-state index in [1.165, 1.54) is 12.1 Å². The molecule has 1 aromatic rings. The third kappa shape index (κ3) is 3.03. The monoisotopic (exact) mass is 228 g/mol. The van der Waals surface area contributed by atoms with Gasteiger partial charge in [-0.3, -0.25) is 4.79 Å². The van der Waals surface area contributed by atoms with E-state index in [4.69, 9.17) is 11.6 Å². The molecule has 15 heavy (non-hydrogen) atoms. The van der Waals surface area contributed by atoms with Crippen LogP contribution in [-0.4, -0.2) is 5.78 Å². The highest BCUT2D eigenvalue weighted by molar-refractivity contribution is 6.31. The number of ketones is 1. The molecule has 0 saturated carbocycles. The maximum absolute atomic E-state index is 12.6. The number of carbonyl (C=O) groups is 1. The van der Waals surface area contributed by atoms with Crippen LogP contribution in [0.1, 0.15) is 31.2 Å². The van der Waals surface area contributed by atoms with Gasteiger partial charge in [-0.15, -0.1) is 11.6 Å². The van der Waals surface area contributed by atoms with Crippen molar-refractivity contribution in [3.8, 4) is 0 Å². The summed E-state index contributed by atoms with van der Waals surface area (Å²) in [5.41, 5.74) is 0.656. The van der Waals surface area contributed by atoms with Crippen LogP contribution in [0.3, 0.4) is 0 Å². The maximum Gasteiger partial charge on any atom is 0.157 e. The van der Waals surface area contributed by atoms with Crippen LogP contribution < -0.4 is 0 Å². The topological polar surface area (TPSA) is 17.1 Å². The Balaban J connectivity index is 2.80. The Labute approximate surface area is 94.3 Å². The quantitative estimate of drug-likeness (QED) is 0.718. The average molecular weight is 229 g/mol. The van der Waals surface area contributed by atoms with Crippen molar-refractivity contribution in [2.75, 3.05) is 0 Å². The van der Waals surface area contributed by atoms with Crippen molar-refractivity contribution < 1.29 is 9.18 Å². The van der Waals surface area contributed by atoms with E-state index in [1.54, 1.807) is 12.1 Å². The lowest BCUT2D eigenvalue weighted by Crippen LogP contribution is -2.15. The third-order valence-electron chi connectivity index (χ3n) is 2.51. The second-order valence-corrected chi connectivity index (χ2v) is 4.06. The van der Waals surface area contributed by atoms with E-state index in [-0.39, 0.29) is 17.5 Å². The minimum atomic E-state index is -0.666. The molecule has 0 saturated heterocycles. The molecule has 1 nitrogen and oxygen atoms in total. The Morgan fingerprint density at radius 2 is 1.93 bits per heavy atom. The van der Waals surface area contributed by atoms with Gasteiger partial charge in [-0.2, -0.15) is 0 Å². The number of carbonyl (C=O) groups excluding carboxylic acids is 1. The Hall–Kier alpha value is -0.890. The number of hydrogen-bond acceptors (Lipinski definition) is 1. The van der Waals surface area contributed by atoms with Crippen molar-refractivity contribution in [2.45, 2.75) is 25.6 Å². The Kier molecular flexibility index (Phi) is 4.28. The molecule has 0 heterocycles. The smallest absolute Gasteiger partial charge is 0.157 e. The Morgan fingerprint density at radius 3 is 2.40 bits per heavy atom. The highest BCUT2D eigenvalue weighted by Gasteiger charge is 2.21. The molecule has 0 amide bonds. The molecule has 0 aliphatic carbocycles. The van der Waals surface area contributed by atoms with Gasteiger partial charge in [-0.1, -0.05) is 26.0 Å². The van der Waals surface area contributed by atoms with Gasteiger partial charge in [0.25, 0.3) is 0 Å². The predicted molar refractivity (Wildman–Crippen MR) is 59.5 cm³/mol. The van der Waals surface area contributed by atoms with Gasteiger partial charge < -0.3 is 0 Å². The van der Waals surface area contributed by atoms with Crippen molar-refractivity contribution in [3.05, 3.63) is 35.6 Å². The molecule has 0 radical (unpaired) electrons. The SMILES string of the molecule is CCC(C)C(=O)C(Cl)c1ccc(F)cc1. The molecule has 1 rings (SSSR count). The zero-order valence-corrected chi connectivity index (χ0v) is 9.59. The highest BCUT2D eigenvalue weighted by Crippen LogP contribution is 2.25. The molecule has 0 N–H and O–H groups in total.